The van der Waals surface area contributed by atoms with E-state index in [0.717, 1.165) is 37.1 Å². The van der Waals surface area contributed by atoms with Crippen LogP contribution >= 0.6 is 0 Å². The molecule has 3 aromatic heterocycles. The van der Waals surface area contributed by atoms with Crippen molar-refractivity contribution < 1.29 is 4.39 Å². The summed E-state index contributed by atoms with van der Waals surface area (Å²) in [7, 11) is 0. The zero-order valence-corrected chi connectivity index (χ0v) is 15.7. The van der Waals surface area contributed by atoms with Gasteiger partial charge < -0.3 is 10.6 Å². The smallest absolute Gasteiger partial charge is 0.181 e. The van der Waals surface area contributed by atoms with Gasteiger partial charge in [0.05, 0.1) is 5.69 Å². The second-order valence-corrected chi connectivity index (χ2v) is 7.87. The van der Waals surface area contributed by atoms with Crippen LogP contribution in [0, 0.1) is 17.7 Å². The minimum Gasteiger partial charge on any atom is -0.355 e. The van der Waals surface area contributed by atoms with Gasteiger partial charge in [-0.2, -0.15) is 5.10 Å². The quantitative estimate of drug-likeness (QED) is 0.738. The van der Waals surface area contributed by atoms with Gasteiger partial charge in [0, 0.05) is 30.7 Å². The molecule has 4 heterocycles. The fourth-order valence-electron chi connectivity index (χ4n) is 4.09. The molecule has 0 aliphatic carbocycles. The third kappa shape index (κ3) is 3.64. The van der Waals surface area contributed by atoms with E-state index in [0.29, 0.717) is 23.2 Å². The molecular weight excluding hydrogens is 343 g/mol. The van der Waals surface area contributed by atoms with Gasteiger partial charge in [-0.25, -0.2) is 14.4 Å². The lowest BCUT2D eigenvalue weighted by molar-refractivity contribution is 0.321. The second-order valence-electron chi connectivity index (χ2n) is 7.87. The maximum Gasteiger partial charge on any atom is 0.181 e. The molecule has 3 aromatic rings. The Morgan fingerprint density at radius 3 is 2.96 bits per heavy atom. The van der Waals surface area contributed by atoms with E-state index in [-0.39, 0.29) is 17.6 Å². The van der Waals surface area contributed by atoms with Crippen molar-refractivity contribution in [2.45, 2.75) is 32.7 Å². The average Bonchev–Trinajstić information content (AvgIpc) is 3.05. The van der Waals surface area contributed by atoms with E-state index < -0.39 is 0 Å². The van der Waals surface area contributed by atoms with Crippen LogP contribution in [-0.4, -0.2) is 39.3 Å². The number of pyridine rings is 2. The lowest BCUT2D eigenvalue weighted by atomic mass is 9.87. The van der Waals surface area contributed by atoms with E-state index in [9.17, 15) is 4.39 Å². The van der Waals surface area contributed by atoms with Crippen molar-refractivity contribution >= 4 is 16.9 Å². The normalized spacial score (nSPS) is 20.6. The van der Waals surface area contributed by atoms with Gasteiger partial charge in [-0.15, -0.1) is 0 Å². The minimum atomic E-state index is -0.381. The van der Waals surface area contributed by atoms with Gasteiger partial charge in [0.1, 0.15) is 11.5 Å². The monoisotopic (exact) mass is 368 g/mol. The highest BCUT2D eigenvalue weighted by molar-refractivity contribution is 5.89. The largest absolute Gasteiger partial charge is 0.355 e. The first-order valence-corrected chi connectivity index (χ1v) is 9.47. The predicted octanol–water partition coefficient (Wildman–Crippen LogP) is 3.36. The van der Waals surface area contributed by atoms with E-state index in [2.05, 4.69) is 38.9 Å². The summed E-state index contributed by atoms with van der Waals surface area (Å²) < 4.78 is 14.6. The number of rotatable bonds is 4. The van der Waals surface area contributed by atoms with Crippen molar-refractivity contribution in [1.82, 2.24) is 20.2 Å². The molecule has 0 saturated carbocycles. The van der Waals surface area contributed by atoms with E-state index in [1.165, 1.54) is 6.07 Å². The van der Waals surface area contributed by atoms with Crippen LogP contribution in [0.1, 0.15) is 26.7 Å². The number of hydrogen-bond donors (Lipinski definition) is 2. The molecule has 1 aliphatic heterocycles. The SMILES string of the molecule is CC(C)CC1CC(N)CN(c2ccc(F)c(-c3[nH]nc4ncccc34)n2)C1. The first-order valence-electron chi connectivity index (χ1n) is 9.47. The van der Waals surface area contributed by atoms with Crippen LogP contribution in [0.15, 0.2) is 30.5 Å². The van der Waals surface area contributed by atoms with Crippen LogP contribution in [0.4, 0.5) is 10.2 Å². The highest BCUT2D eigenvalue weighted by Crippen LogP contribution is 2.30. The van der Waals surface area contributed by atoms with Gasteiger partial charge in [-0.05, 0) is 48.9 Å². The fourth-order valence-corrected chi connectivity index (χ4v) is 4.09. The van der Waals surface area contributed by atoms with Crippen molar-refractivity contribution in [3.63, 3.8) is 0 Å². The number of nitrogens with two attached hydrogens (primary N) is 1. The van der Waals surface area contributed by atoms with Crippen molar-refractivity contribution in [1.29, 1.82) is 0 Å². The number of fused-ring (bicyclic) bond motifs is 1. The Labute approximate surface area is 158 Å². The summed E-state index contributed by atoms with van der Waals surface area (Å²) in [5.74, 6) is 1.53. The molecule has 0 aromatic carbocycles. The standard InChI is InChI=1S/C20H25FN6/c1-12(2)8-13-9-14(22)11-27(10-13)17-6-5-16(21)19(24-17)18-15-4-3-7-23-20(15)26-25-18/h3-7,12-14H,8-11,22H2,1-2H3,(H,23,25,26). The molecule has 0 amide bonds. The van der Waals surface area contributed by atoms with Crippen LogP contribution in [0.25, 0.3) is 22.4 Å². The lowest BCUT2D eigenvalue weighted by Gasteiger charge is -2.38. The number of nitrogens with one attached hydrogen (secondary N) is 1. The van der Waals surface area contributed by atoms with Crippen molar-refractivity contribution in [3.05, 3.63) is 36.3 Å². The molecule has 6 nitrogen and oxygen atoms in total. The Hall–Kier alpha value is -2.54. The average molecular weight is 368 g/mol. The van der Waals surface area contributed by atoms with E-state index >= 15 is 0 Å². The van der Waals surface area contributed by atoms with E-state index in [1.807, 2.05) is 12.1 Å². The van der Waals surface area contributed by atoms with E-state index in [1.54, 1.807) is 12.3 Å². The molecule has 2 atom stereocenters. The summed E-state index contributed by atoms with van der Waals surface area (Å²) in [5, 5.41) is 7.80. The number of aromatic amines is 1. The minimum absolute atomic E-state index is 0.106. The summed E-state index contributed by atoms with van der Waals surface area (Å²) >= 11 is 0. The summed E-state index contributed by atoms with van der Waals surface area (Å²) in [6.45, 7) is 6.10. The van der Waals surface area contributed by atoms with Gasteiger partial charge in [-0.3, -0.25) is 5.10 Å². The number of aromatic nitrogens is 4. The third-order valence-corrected chi connectivity index (χ3v) is 5.10. The number of piperidine rings is 1. The number of halogens is 1. The summed E-state index contributed by atoms with van der Waals surface area (Å²) in [5.41, 5.74) is 7.67. The molecule has 2 unspecified atom stereocenters. The van der Waals surface area contributed by atoms with Crippen LogP contribution in [0.3, 0.4) is 0 Å². The molecular formula is C20H25FN6. The van der Waals surface area contributed by atoms with Crippen molar-refractivity contribution in [2.24, 2.45) is 17.6 Å². The maximum absolute atomic E-state index is 14.6. The zero-order chi connectivity index (χ0) is 19.0. The Kier molecular flexibility index (Phi) is 4.78. The first-order chi connectivity index (χ1) is 13.0. The Morgan fingerprint density at radius 2 is 2.15 bits per heavy atom. The van der Waals surface area contributed by atoms with Crippen LogP contribution in [0.2, 0.25) is 0 Å². The predicted molar refractivity (Wildman–Crippen MR) is 105 cm³/mol. The Balaban J connectivity index is 1.68. The van der Waals surface area contributed by atoms with Crippen molar-refractivity contribution in [3.8, 4) is 11.4 Å². The zero-order valence-electron chi connectivity index (χ0n) is 15.7. The van der Waals surface area contributed by atoms with Gasteiger partial charge in [0.25, 0.3) is 0 Å². The molecule has 0 spiro atoms. The third-order valence-electron chi connectivity index (χ3n) is 5.10. The number of anilines is 1. The molecule has 7 heteroatoms. The van der Waals surface area contributed by atoms with Gasteiger partial charge in [0.2, 0.25) is 0 Å². The van der Waals surface area contributed by atoms with Gasteiger partial charge in [0.15, 0.2) is 11.5 Å². The summed E-state index contributed by atoms with van der Waals surface area (Å²) in [6, 6.07) is 6.99. The fraction of sp³-hybridized carbons (Fsp3) is 0.450. The first kappa shape index (κ1) is 17.9. The van der Waals surface area contributed by atoms with Gasteiger partial charge >= 0.3 is 0 Å². The van der Waals surface area contributed by atoms with E-state index in [4.69, 9.17) is 5.73 Å². The summed E-state index contributed by atoms with van der Waals surface area (Å²) in [4.78, 5) is 11.0. The molecule has 4 rings (SSSR count). The lowest BCUT2D eigenvalue weighted by Crippen LogP contribution is -2.47. The second kappa shape index (κ2) is 7.23. The topological polar surface area (TPSA) is 83.7 Å². The molecule has 0 bridgehead atoms. The highest BCUT2D eigenvalue weighted by atomic mass is 19.1. The molecule has 1 fully saturated rings. The number of H-pyrrole nitrogens is 1. The van der Waals surface area contributed by atoms with Crippen LogP contribution in [0.5, 0.6) is 0 Å². The van der Waals surface area contributed by atoms with Crippen LogP contribution in [-0.2, 0) is 0 Å². The molecule has 1 saturated heterocycles. The molecule has 142 valence electrons. The highest BCUT2D eigenvalue weighted by Gasteiger charge is 2.27. The molecule has 27 heavy (non-hydrogen) atoms. The van der Waals surface area contributed by atoms with Crippen molar-refractivity contribution in [2.75, 3.05) is 18.0 Å². The molecule has 0 radical (unpaired) electrons. The Morgan fingerprint density at radius 1 is 1.30 bits per heavy atom. The number of hydrogen-bond acceptors (Lipinski definition) is 5. The van der Waals surface area contributed by atoms with Gasteiger partial charge in [-0.1, -0.05) is 13.8 Å². The summed E-state index contributed by atoms with van der Waals surface area (Å²) in [6.07, 6.45) is 3.83. The maximum atomic E-state index is 14.6. The number of nitrogens with zero attached hydrogens (tertiary/aromatic N) is 4. The molecule has 3 N–H and O–H groups in total. The van der Waals surface area contributed by atoms with Crippen LogP contribution < -0.4 is 10.6 Å². The Bertz CT molecular complexity index is 935. The molecule has 1 aliphatic rings.